The van der Waals surface area contributed by atoms with Crippen molar-refractivity contribution in [1.82, 2.24) is 15.1 Å². The van der Waals surface area contributed by atoms with E-state index in [0.717, 1.165) is 22.6 Å². The third-order valence-electron chi connectivity index (χ3n) is 4.73. The van der Waals surface area contributed by atoms with Crippen LogP contribution in [-0.4, -0.2) is 28.1 Å². The van der Waals surface area contributed by atoms with Gasteiger partial charge in [-0.2, -0.15) is 5.10 Å². The number of likely N-dealkylation sites (N-methyl/N-ethyl adjacent to an activating group) is 1. The van der Waals surface area contributed by atoms with E-state index in [-0.39, 0.29) is 5.91 Å². The van der Waals surface area contributed by atoms with Gasteiger partial charge in [0.25, 0.3) is 5.91 Å². The second kappa shape index (κ2) is 7.66. The molecule has 3 aromatic rings. The largest absolute Gasteiger partial charge is 0.368 e. The van der Waals surface area contributed by atoms with E-state index in [1.807, 2.05) is 88.5 Å². The molecule has 1 aromatic heterocycles. The zero-order valence-corrected chi connectivity index (χ0v) is 16.3. The highest BCUT2D eigenvalue weighted by atomic mass is 16.2. The number of H-pyrrole nitrogens is 1. The van der Waals surface area contributed by atoms with Crippen molar-refractivity contribution < 1.29 is 4.79 Å². The van der Waals surface area contributed by atoms with Crippen molar-refractivity contribution >= 4 is 11.6 Å². The molecule has 0 saturated carbocycles. The lowest BCUT2D eigenvalue weighted by atomic mass is 9.89. The van der Waals surface area contributed by atoms with Crippen molar-refractivity contribution in [3.05, 3.63) is 83.2 Å². The quantitative estimate of drug-likeness (QED) is 0.696. The summed E-state index contributed by atoms with van der Waals surface area (Å²) < 4.78 is 0. The van der Waals surface area contributed by atoms with Crippen LogP contribution in [0.1, 0.15) is 29.4 Å². The fraction of sp³-hybridized carbons (Fsp3) is 0.273. The van der Waals surface area contributed by atoms with E-state index in [2.05, 4.69) is 15.5 Å². The molecule has 5 heteroatoms. The molecule has 27 heavy (non-hydrogen) atoms. The number of amides is 1. The summed E-state index contributed by atoms with van der Waals surface area (Å²) in [5.41, 5.74) is 3.93. The van der Waals surface area contributed by atoms with Crippen LogP contribution in [0.2, 0.25) is 0 Å². The van der Waals surface area contributed by atoms with Crippen LogP contribution in [-0.2, 0) is 16.9 Å². The number of aromatic amines is 1. The van der Waals surface area contributed by atoms with E-state index < -0.39 is 5.54 Å². The highest BCUT2D eigenvalue weighted by Crippen LogP contribution is 2.29. The van der Waals surface area contributed by atoms with Crippen LogP contribution >= 0.6 is 0 Å². The van der Waals surface area contributed by atoms with Gasteiger partial charge in [0.2, 0.25) is 0 Å². The number of aromatic nitrogens is 2. The minimum absolute atomic E-state index is 0.0186. The summed E-state index contributed by atoms with van der Waals surface area (Å²) in [4.78, 5) is 15.2. The van der Waals surface area contributed by atoms with Crippen LogP contribution in [0.4, 0.5) is 5.69 Å². The van der Waals surface area contributed by atoms with Crippen LogP contribution < -0.4 is 5.32 Å². The Kier molecular flexibility index (Phi) is 5.31. The molecule has 140 valence electrons. The molecular weight excluding hydrogens is 336 g/mol. The van der Waals surface area contributed by atoms with Crippen molar-refractivity contribution in [2.24, 2.45) is 0 Å². The average Bonchev–Trinajstić information content (AvgIpc) is 3.08. The summed E-state index contributed by atoms with van der Waals surface area (Å²) in [6.07, 6.45) is 0. The van der Waals surface area contributed by atoms with Gasteiger partial charge in [-0.1, -0.05) is 48.0 Å². The average molecular weight is 362 g/mol. The molecule has 1 amide bonds. The van der Waals surface area contributed by atoms with Crippen LogP contribution in [0.3, 0.4) is 0 Å². The fourth-order valence-electron chi connectivity index (χ4n) is 3.20. The number of rotatable bonds is 6. The molecule has 0 aliphatic heterocycles. The number of nitrogens with one attached hydrogen (secondary N) is 2. The number of hydrogen-bond donors (Lipinski definition) is 2. The third-order valence-corrected chi connectivity index (χ3v) is 4.73. The van der Waals surface area contributed by atoms with Gasteiger partial charge in [0.05, 0.1) is 12.2 Å². The van der Waals surface area contributed by atoms with Gasteiger partial charge in [-0.25, -0.2) is 0 Å². The molecule has 0 bridgehead atoms. The monoisotopic (exact) mass is 362 g/mol. The maximum atomic E-state index is 13.5. The normalized spacial score (nSPS) is 13.0. The van der Waals surface area contributed by atoms with Crippen molar-refractivity contribution in [3.63, 3.8) is 0 Å². The molecule has 2 aromatic carbocycles. The Morgan fingerprint density at radius 3 is 2.37 bits per heavy atom. The molecule has 0 radical (unpaired) electrons. The summed E-state index contributed by atoms with van der Waals surface area (Å²) in [6, 6.07) is 19.8. The summed E-state index contributed by atoms with van der Waals surface area (Å²) in [5, 5.41) is 10.6. The Morgan fingerprint density at radius 1 is 1.11 bits per heavy atom. The number of hydrogen-bond acceptors (Lipinski definition) is 3. The predicted octanol–water partition coefficient (Wildman–Crippen LogP) is 4.01. The van der Waals surface area contributed by atoms with Gasteiger partial charge >= 0.3 is 0 Å². The summed E-state index contributed by atoms with van der Waals surface area (Å²) in [5.74, 6) is -0.0186. The molecule has 0 saturated heterocycles. The lowest BCUT2D eigenvalue weighted by Crippen LogP contribution is -2.48. The van der Waals surface area contributed by atoms with Crippen LogP contribution in [0, 0.1) is 13.8 Å². The van der Waals surface area contributed by atoms with Gasteiger partial charge < -0.3 is 10.2 Å². The van der Waals surface area contributed by atoms with E-state index in [9.17, 15) is 4.79 Å². The van der Waals surface area contributed by atoms with Gasteiger partial charge in [-0.05, 0) is 44.5 Å². The molecular formula is C22H26N4O. The Bertz CT molecular complexity index is 902. The SMILES string of the molecule is Cc1ccc(N[C@](C)(C(=O)N(C)Cc2cc(C)[nH]n2)c2ccccc2)cc1. The molecule has 3 rings (SSSR count). The summed E-state index contributed by atoms with van der Waals surface area (Å²) in [6.45, 7) is 6.37. The van der Waals surface area contributed by atoms with Crippen LogP contribution in [0.25, 0.3) is 0 Å². The Morgan fingerprint density at radius 2 is 1.78 bits per heavy atom. The van der Waals surface area contributed by atoms with Gasteiger partial charge in [0, 0.05) is 18.4 Å². The fourth-order valence-corrected chi connectivity index (χ4v) is 3.20. The highest BCUT2D eigenvalue weighted by Gasteiger charge is 2.37. The second-order valence-corrected chi connectivity index (χ2v) is 7.19. The molecule has 5 nitrogen and oxygen atoms in total. The number of nitrogens with zero attached hydrogens (tertiary/aromatic N) is 2. The first-order valence-electron chi connectivity index (χ1n) is 9.05. The first-order valence-corrected chi connectivity index (χ1v) is 9.05. The number of anilines is 1. The van der Waals surface area contributed by atoms with Crippen molar-refractivity contribution in [2.75, 3.05) is 12.4 Å². The summed E-state index contributed by atoms with van der Waals surface area (Å²) >= 11 is 0. The number of carbonyl (C=O) groups excluding carboxylic acids is 1. The van der Waals surface area contributed by atoms with Crippen molar-refractivity contribution in [1.29, 1.82) is 0 Å². The molecule has 0 aliphatic carbocycles. The van der Waals surface area contributed by atoms with Crippen molar-refractivity contribution in [3.8, 4) is 0 Å². The van der Waals surface area contributed by atoms with Gasteiger partial charge in [0.15, 0.2) is 0 Å². The van der Waals surface area contributed by atoms with E-state index in [1.54, 1.807) is 4.90 Å². The molecule has 0 unspecified atom stereocenters. The maximum Gasteiger partial charge on any atom is 0.252 e. The molecule has 1 heterocycles. The zero-order valence-electron chi connectivity index (χ0n) is 16.3. The zero-order chi connectivity index (χ0) is 19.4. The minimum atomic E-state index is -0.892. The number of carbonyl (C=O) groups is 1. The minimum Gasteiger partial charge on any atom is -0.368 e. The molecule has 0 spiro atoms. The second-order valence-electron chi connectivity index (χ2n) is 7.19. The molecule has 2 N–H and O–H groups in total. The highest BCUT2D eigenvalue weighted by molar-refractivity contribution is 5.90. The molecule has 1 atom stereocenters. The van der Waals surface area contributed by atoms with E-state index in [0.29, 0.717) is 6.54 Å². The van der Waals surface area contributed by atoms with Gasteiger partial charge in [-0.15, -0.1) is 0 Å². The Labute approximate surface area is 160 Å². The molecule has 0 aliphatic rings. The third kappa shape index (κ3) is 4.19. The number of aryl methyl sites for hydroxylation is 2. The van der Waals surface area contributed by atoms with E-state index in [4.69, 9.17) is 0 Å². The first-order chi connectivity index (χ1) is 12.9. The number of benzene rings is 2. The summed E-state index contributed by atoms with van der Waals surface area (Å²) in [7, 11) is 1.81. The Hall–Kier alpha value is -3.08. The maximum absolute atomic E-state index is 13.5. The first kappa shape index (κ1) is 18.7. The van der Waals surface area contributed by atoms with E-state index >= 15 is 0 Å². The van der Waals surface area contributed by atoms with Gasteiger partial charge in [0.1, 0.15) is 5.54 Å². The topological polar surface area (TPSA) is 61.0 Å². The predicted molar refractivity (Wildman–Crippen MR) is 108 cm³/mol. The van der Waals surface area contributed by atoms with Crippen LogP contribution in [0.5, 0.6) is 0 Å². The smallest absolute Gasteiger partial charge is 0.252 e. The standard InChI is InChI=1S/C22H26N4O/c1-16-10-12-19(13-11-16)23-22(3,18-8-6-5-7-9-18)21(27)26(4)15-20-14-17(2)24-25-20/h5-14,23H,15H2,1-4H3,(H,24,25)/t22-/m0/s1. The van der Waals surface area contributed by atoms with Gasteiger partial charge in [-0.3, -0.25) is 9.89 Å². The lowest BCUT2D eigenvalue weighted by Gasteiger charge is -2.34. The lowest BCUT2D eigenvalue weighted by molar-refractivity contribution is -0.135. The van der Waals surface area contributed by atoms with Crippen molar-refractivity contribution in [2.45, 2.75) is 32.9 Å². The van der Waals surface area contributed by atoms with Crippen LogP contribution in [0.15, 0.2) is 60.7 Å². The van der Waals surface area contributed by atoms with E-state index in [1.165, 1.54) is 5.56 Å². The molecule has 0 fully saturated rings. The Balaban J connectivity index is 1.90.